The number of hydrogen-bond acceptors (Lipinski definition) is 4. The summed E-state index contributed by atoms with van der Waals surface area (Å²) in [6.45, 7) is 1.89. The summed E-state index contributed by atoms with van der Waals surface area (Å²) < 4.78 is 7.45. The van der Waals surface area contributed by atoms with Gasteiger partial charge in [0.25, 0.3) is 0 Å². The molecule has 23 heavy (non-hydrogen) atoms. The molecular formula is C16H15N5OS. The molecule has 0 radical (unpaired) electrons. The highest BCUT2D eigenvalue weighted by Gasteiger charge is 2.14. The average Bonchev–Trinajstić information content (AvgIpc) is 3.14. The first-order valence-corrected chi connectivity index (χ1v) is 7.35. The van der Waals surface area contributed by atoms with Gasteiger partial charge in [-0.1, -0.05) is 18.2 Å². The van der Waals surface area contributed by atoms with E-state index in [9.17, 15) is 0 Å². The van der Waals surface area contributed by atoms with Crippen molar-refractivity contribution in [3.8, 4) is 17.1 Å². The second-order valence-corrected chi connectivity index (χ2v) is 5.30. The SMILES string of the molecule is Cc1ccc(-c2nn(-c3ccccc3)cc2/C=N\NC(N)=S)o1. The number of thiocarbonyl (C=S) groups is 1. The first-order chi connectivity index (χ1) is 11.1. The van der Waals surface area contributed by atoms with E-state index >= 15 is 0 Å². The molecule has 0 bridgehead atoms. The molecule has 0 atom stereocenters. The fourth-order valence-corrected chi connectivity index (χ4v) is 2.17. The third kappa shape index (κ3) is 3.46. The van der Waals surface area contributed by atoms with Crippen molar-refractivity contribution in [1.82, 2.24) is 15.2 Å². The number of aryl methyl sites for hydroxylation is 1. The van der Waals surface area contributed by atoms with Crippen molar-refractivity contribution in [3.05, 3.63) is 60.0 Å². The Morgan fingerprint density at radius 3 is 2.74 bits per heavy atom. The second-order valence-electron chi connectivity index (χ2n) is 4.86. The zero-order chi connectivity index (χ0) is 16.2. The molecule has 6 nitrogen and oxygen atoms in total. The Labute approximate surface area is 138 Å². The molecule has 116 valence electrons. The van der Waals surface area contributed by atoms with Gasteiger partial charge in [-0.15, -0.1) is 0 Å². The van der Waals surface area contributed by atoms with Gasteiger partial charge >= 0.3 is 0 Å². The predicted octanol–water partition coefficient (Wildman–Crippen LogP) is 2.61. The number of nitrogens with one attached hydrogen (secondary N) is 1. The van der Waals surface area contributed by atoms with Crippen LogP contribution >= 0.6 is 12.2 Å². The first-order valence-electron chi connectivity index (χ1n) is 6.94. The molecule has 0 saturated heterocycles. The fraction of sp³-hybridized carbons (Fsp3) is 0.0625. The number of para-hydroxylation sites is 1. The summed E-state index contributed by atoms with van der Waals surface area (Å²) in [5, 5.41) is 8.71. The van der Waals surface area contributed by atoms with E-state index in [-0.39, 0.29) is 5.11 Å². The molecule has 2 aromatic heterocycles. The van der Waals surface area contributed by atoms with Crippen LogP contribution in [0.15, 0.2) is 58.2 Å². The lowest BCUT2D eigenvalue weighted by Crippen LogP contribution is -2.23. The summed E-state index contributed by atoms with van der Waals surface area (Å²) in [5.74, 6) is 1.49. The van der Waals surface area contributed by atoms with Crippen molar-refractivity contribution in [2.45, 2.75) is 6.92 Å². The molecule has 0 aliphatic heterocycles. The van der Waals surface area contributed by atoms with E-state index < -0.39 is 0 Å². The van der Waals surface area contributed by atoms with Gasteiger partial charge in [0, 0.05) is 11.8 Å². The Kier molecular flexibility index (Phi) is 4.20. The van der Waals surface area contributed by atoms with E-state index in [1.807, 2.05) is 55.6 Å². The maximum Gasteiger partial charge on any atom is 0.184 e. The largest absolute Gasteiger partial charge is 0.460 e. The highest BCUT2D eigenvalue weighted by molar-refractivity contribution is 7.80. The van der Waals surface area contributed by atoms with Gasteiger partial charge in [0.15, 0.2) is 10.9 Å². The Morgan fingerprint density at radius 1 is 1.30 bits per heavy atom. The van der Waals surface area contributed by atoms with Crippen LogP contribution in [0.3, 0.4) is 0 Å². The molecule has 3 rings (SSSR count). The van der Waals surface area contributed by atoms with E-state index in [0.29, 0.717) is 11.5 Å². The molecule has 1 aromatic carbocycles. The van der Waals surface area contributed by atoms with Crippen LogP contribution in [-0.4, -0.2) is 21.1 Å². The van der Waals surface area contributed by atoms with Gasteiger partial charge in [-0.2, -0.15) is 10.2 Å². The normalized spacial score (nSPS) is 11.0. The molecule has 0 saturated carbocycles. The van der Waals surface area contributed by atoms with Crippen LogP contribution < -0.4 is 11.2 Å². The van der Waals surface area contributed by atoms with Crippen LogP contribution in [0.25, 0.3) is 17.1 Å². The minimum atomic E-state index is 0.104. The van der Waals surface area contributed by atoms with Crippen molar-refractivity contribution >= 4 is 23.5 Å². The number of furan rings is 1. The van der Waals surface area contributed by atoms with E-state index in [4.69, 9.17) is 22.4 Å². The average molecular weight is 325 g/mol. The maximum atomic E-state index is 5.68. The summed E-state index contributed by atoms with van der Waals surface area (Å²) in [5.41, 5.74) is 10.3. The Morgan fingerprint density at radius 2 is 2.09 bits per heavy atom. The van der Waals surface area contributed by atoms with E-state index in [1.54, 1.807) is 10.9 Å². The van der Waals surface area contributed by atoms with Crippen molar-refractivity contribution in [3.63, 3.8) is 0 Å². The number of aromatic nitrogens is 2. The lowest BCUT2D eigenvalue weighted by atomic mass is 10.2. The lowest BCUT2D eigenvalue weighted by Gasteiger charge is -1.98. The number of hydrogen-bond donors (Lipinski definition) is 2. The molecule has 0 spiro atoms. The molecule has 0 fully saturated rings. The Hall–Kier alpha value is -2.93. The number of rotatable bonds is 4. The van der Waals surface area contributed by atoms with Crippen LogP contribution in [0.5, 0.6) is 0 Å². The van der Waals surface area contributed by atoms with Crippen LogP contribution in [-0.2, 0) is 0 Å². The molecule has 3 aromatic rings. The number of hydrazone groups is 1. The smallest absolute Gasteiger partial charge is 0.184 e. The number of nitrogens with two attached hydrogens (primary N) is 1. The quantitative estimate of drug-likeness (QED) is 0.438. The van der Waals surface area contributed by atoms with Gasteiger partial charge in [-0.25, -0.2) is 4.68 Å². The standard InChI is InChI=1S/C16H15N5OS/c1-11-7-8-14(22-11)15-12(9-18-19-16(17)23)10-21(20-15)13-5-3-2-4-6-13/h2-10H,1H3,(H3,17,19,23)/b18-9-. The summed E-state index contributed by atoms with van der Waals surface area (Å²) >= 11 is 4.74. The molecule has 7 heteroatoms. The number of benzene rings is 1. The van der Waals surface area contributed by atoms with E-state index in [2.05, 4.69) is 15.6 Å². The van der Waals surface area contributed by atoms with Crippen molar-refractivity contribution in [2.75, 3.05) is 0 Å². The van der Waals surface area contributed by atoms with Crippen LogP contribution in [0.2, 0.25) is 0 Å². The third-order valence-corrected chi connectivity index (χ3v) is 3.21. The van der Waals surface area contributed by atoms with Gasteiger partial charge in [0.2, 0.25) is 0 Å². The minimum absolute atomic E-state index is 0.104. The second kappa shape index (κ2) is 6.45. The molecular weight excluding hydrogens is 310 g/mol. The van der Waals surface area contributed by atoms with Crippen molar-refractivity contribution in [2.24, 2.45) is 10.8 Å². The fourth-order valence-electron chi connectivity index (χ4n) is 2.11. The van der Waals surface area contributed by atoms with Crippen LogP contribution in [0, 0.1) is 6.92 Å². The first kappa shape index (κ1) is 15.0. The van der Waals surface area contributed by atoms with E-state index in [1.165, 1.54) is 0 Å². The number of nitrogens with zero attached hydrogens (tertiary/aromatic N) is 3. The monoisotopic (exact) mass is 325 g/mol. The van der Waals surface area contributed by atoms with Gasteiger partial charge in [0.1, 0.15) is 11.5 Å². The van der Waals surface area contributed by atoms with Gasteiger partial charge in [0.05, 0.1) is 11.9 Å². The zero-order valence-corrected chi connectivity index (χ0v) is 13.2. The summed E-state index contributed by atoms with van der Waals surface area (Å²) in [4.78, 5) is 0. The molecule has 2 heterocycles. The Bertz CT molecular complexity index is 850. The highest BCUT2D eigenvalue weighted by atomic mass is 32.1. The van der Waals surface area contributed by atoms with Crippen molar-refractivity contribution in [1.29, 1.82) is 0 Å². The summed E-state index contributed by atoms with van der Waals surface area (Å²) in [7, 11) is 0. The molecule has 0 aliphatic rings. The molecule has 0 amide bonds. The predicted molar refractivity (Wildman–Crippen MR) is 93.5 cm³/mol. The Balaban J connectivity index is 2.03. The minimum Gasteiger partial charge on any atom is -0.460 e. The molecule has 0 aliphatic carbocycles. The molecule has 3 N–H and O–H groups in total. The summed E-state index contributed by atoms with van der Waals surface area (Å²) in [6.07, 6.45) is 3.48. The summed E-state index contributed by atoms with van der Waals surface area (Å²) in [6, 6.07) is 13.6. The van der Waals surface area contributed by atoms with Gasteiger partial charge in [-0.05, 0) is 43.4 Å². The van der Waals surface area contributed by atoms with Crippen molar-refractivity contribution < 1.29 is 4.42 Å². The van der Waals surface area contributed by atoms with Gasteiger partial charge < -0.3 is 10.2 Å². The maximum absolute atomic E-state index is 5.68. The topological polar surface area (TPSA) is 81.4 Å². The van der Waals surface area contributed by atoms with Gasteiger partial charge in [-0.3, -0.25) is 5.43 Å². The van der Waals surface area contributed by atoms with Crippen LogP contribution in [0.4, 0.5) is 0 Å². The molecule has 0 unspecified atom stereocenters. The van der Waals surface area contributed by atoms with Crippen LogP contribution in [0.1, 0.15) is 11.3 Å². The lowest BCUT2D eigenvalue weighted by molar-refractivity contribution is 0.545. The highest BCUT2D eigenvalue weighted by Crippen LogP contribution is 2.24. The van der Waals surface area contributed by atoms with E-state index in [0.717, 1.165) is 17.0 Å². The zero-order valence-electron chi connectivity index (χ0n) is 12.4. The third-order valence-electron chi connectivity index (χ3n) is 3.12.